The monoisotopic (exact) mass is 350 g/mol. The fourth-order valence-corrected chi connectivity index (χ4v) is 3.21. The Morgan fingerprint density at radius 1 is 1.42 bits per heavy atom. The molecule has 1 fully saturated rings. The Morgan fingerprint density at radius 3 is 2.83 bits per heavy atom. The van der Waals surface area contributed by atoms with Crippen LogP contribution in [-0.4, -0.2) is 57.1 Å². The van der Waals surface area contributed by atoms with Gasteiger partial charge in [-0.3, -0.25) is 4.90 Å². The molecule has 8 nitrogen and oxygen atoms in total. The Hall–Kier alpha value is -2.00. The maximum atomic E-state index is 12.2. The van der Waals surface area contributed by atoms with Gasteiger partial charge in [0.05, 0.1) is 23.8 Å². The van der Waals surface area contributed by atoms with Gasteiger partial charge in [0.2, 0.25) is 5.89 Å². The predicted molar refractivity (Wildman–Crippen MR) is 89.6 cm³/mol. The summed E-state index contributed by atoms with van der Waals surface area (Å²) in [6, 6.07) is 0.0272. The maximum absolute atomic E-state index is 12.2. The first-order valence-electron chi connectivity index (χ1n) is 8.13. The van der Waals surface area contributed by atoms with Gasteiger partial charge >= 0.3 is 6.03 Å². The number of hydrogen-bond acceptors (Lipinski definition) is 7. The molecule has 2 aromatic rings. The summed E-state index contributed by atoms with van der Waals surface area (Å²) in [5.74, 6) is 1.38. The number of nitrogens with zero attached hydrogens (tertiary/aromatic N) is 5. The van der Waals surface area contributed by atoms with Gasteiger partial charge in [-0.2, -0.15) is 4.98 Å². The van der Waals surface area contributed by atoms with Crippen LogP contribution in [0, 0.1) is 0 Å². The molecule has 1 aliphatic heterocycles. The van der Waals surface area contributed by atoms with E-state index in [9.17, 15) is 4.79 Å². The quantitative estimate of drug-likeness (QED) is 0.883. The highest BCUT2D eigenvalue weighted by Crippen LogP contribution is 2.20. The van der Waals surface area contributed by atoms with E-state index < -0.39 is 0 Å². The Labute approximate surface area is 144 Å². The highest BCUT2D eigenvalue weighted by atomic mass is 32.1. The van der Waals surface area contributed by atoms with Gasteiger partial charge in [0.25, 0.3) is 0 Å². The molecule has 0 bridgehead atoms. The second-order valence-corrected chi connectivity index (χ2v) is 6.46. The minimum Gasteiger partial charge on any atom is -0.338 e. The molecule has 1 saturated heterocycles. The number of carbonyl (C=O) groups is 1. The zero-order valence-corrected chi connectivity index (χ0v) is 14.8. The van der Waals surface area contributed by atoms with Crippen LogP contribution in [0.5, 0.6) is 0 Å². The Morgan fingerprint density at radius 2 is 2.21 bits per heavy atom. The van der Waals surface area contributed by atoms with Crippen LogP contribution in [0.25, 0.3) is 0 Å². The number of nitrogens with one attached hydrogen (secondary N) is 1. The predicted octanol–water partition coefficient (Wildman–Crippen LogP) is 1.68. The fraction of sp³-hybridized carbons (Fsp3) is 0.600. The van der Waals surface area contributed by atoms with Crippen LogP contribution in [0.3, 0.4) is 0 Å². The first-order chi connectivity index (χ1) is 11.7. The summed E-state index contributed by atoms with van der Waals surface area (Å²) >= 11 is 1.53. The lowest BCUT2D eigenvalue weighted by Gasteiger charge is -2.36. The summed E-state index contributed by atoms with van der Waals surface area (Å²) in [4.78, 5) is 24.9. The largest absolute Gasteiger partial charge is 0.338 e. The van der Waals surface area contributed by atoms with Gasteiger partial charge in [-0.05, 0) is 6.92 Å². The molecule has 24 heavy (non-hydrogen) atoms. The summed E-state index contributed by atoms with van der Waals surface area (Å²) in [5, 5.41) is 8.80. The van der Waals surface area contributed by atoms with E-state index in [2.05, 4.69) is 32.3 Å². The SMILES string of the molecule is CCc1noc(C(C)N2CCN(C(=O)NCc3cscn3)CC2)n1. The smallest absolute Gasteiger partial charge is 0.317 e. The van der Waals surface area contributed by atoms with Crippen molar-refractivity contribution in [3.63, 3.8) is 0 Å². The third-order valence-electron chi connectivity index (χ3n) is 4.21. The van der Waals surface area contributed by atoms with Gasteiger partial charge in [0.1, 0.15) is 0 Å². The molecule has 9 heteroatoms. The van der Waals surface area contributed by atoms with E-state index in [-0.39, 0.29) is 12.1 Å². The van der Waals surface area contributed by atoms with Crippen LogP contribution >= 0.6 is 11.3 Å². The molecule has 0 aromatic carbocycles. The van der Waals surface area contributed by atoms with Crippen LogP contribution in [0.1, 0.15) is 37.3 Å². The van der Waals surface area contributed by atoms with Crippen molar-refractivity contribution in [2.45, 2.75) is 32.9 Å². The third-order valence-corrected chi connectivity index (χ3v) is 4.85. The molecule has 1 aliphatic rings. The highest BCUT2D eigenvalue weighted by Gasteiger charge is 2.27. The van der Waals surface area contributed by atoms with E-state index in [1.54, 1.807) is 5.51 Å². The normalized spacial score (nSPS) is 17.0. The Kier molecular flexibility index (Phi) is 5.41. The number of aromatic nitrogens is 3. The first kappa shape index (κ1) is 16.8. The average molecular weight is 350 g/mol. The molecule has 2 aromatic heterocycles. The second kappa shape index (κ2) is 7.71. The van der Waals surface area contributed by atoms with E-state index in [1.165, 1.54) is 11.3 Å². The van der Waals surface area contributed by atoms with Crippen molar-refractivity contribution in [2.75, 3.05) is 26.2 Å². The lowest BCUT2D eigenvalue weighted by Crippen LogP contribution is -2.52. The van der Waals surface area contributed by atoms with Crippen molar-refractivity contribution >= 4 is 17.4 Å². The number of rotatable bonds is 5. The number of aryl methyl sites for hydroxylation is 1. The second-order valence-electron chi connectivity index (χ2n) is 5.74. The molecule has 1 N–H and O–H groups in total. The van der Waals surface area contributed by atoms with Gasteiger partial charge in [-0.25, -0.2) is 9.78 Å². The van der Waals surface area contributed by atoms with Crippen molar-refractivity contribution < 1.29 is 9.32 Å². The van der Waals surface area contributed by atoms with Crippen LogP contribution < -0.4 is 5.32 Å². The van der Waals surface area contributed by atoms with Crippen LogP contribution in [0.4, 0.5) is 4.79 Å². The van der Waals surface area contributed by atoms with E-state index in [0.29, 0.717) is 25.5 Å². The van der Waals surface area contributed by atoms with Crippen molar-refractivity contribution in [1.82, 2.24) is 30.2 Å². The van der Waals surface area contributed by atoms with Crippen LogP contribution in [0.15, 0.2) is 15.4 Å². The van der Waals surface area contributed by atoms with Gasteiger partial charge < -0.3 is 14.7 Å². The first-order valence-corrected chi connectivity index (χ1v) is 9.08. The number of urea groups is 1. The lowest BCUT2D eigenvalue weighted by atomic mass is 10.2. The average Bonchev–Trinajstić information content (AvgIpc) is 3.30. The Bertz CT molecular complexity index is 651. The van der Waals surface area contributed by atoms with Gasteiger partial charge in [-0.1, -0.05) is 12.1 Å². The van der Waals surface area contributed by atoms with Crippen LogP contribution in [-0.2, 0) is 13.0 Å². The Balaban J connectivity index is 1.47. The van der Waals surface area contributed by atoms with Crippen LogP contribution in [0.2, 0.25) is 0 Å². The number of amides is 2. The van der Waals surface area contributed by atoms with Gasteiger partial charge in [-0.15, -0.1) is 11.3 Å². The molecule has 0 aliphatic carbocycles. The fourth-order valence-electron chi connectivity index (χ4n) is 2.65. The van der Waals surface area contributed by atoms with E-state index in [4.69, 9.17) is 4.52 Å². The molecule has 130 valence electrons. The number of carbonyl (C=O) groups excluding carboxylic acids is 1. The van der Waals surface area contributed by atoms with Gasteiger partial charge in [0.15, 0.2) is 5.82 Å². The molecule has 0 saturated carbocycles. The van der Waals surface area contributed by atoms with Crippen molar-refractivity contribution in [1.29, 1.82) is 0 Å². The zero-order valence-electron chi connectivity index (χ0n) is 13.9. The maximum Gasteiger partial charge on any atom is 0.317 e. The third kappa shape index (κ3) is 3.90. The summed E-state index contributed by atoms with van der Waals surface area (Å²) < 4.78 is 5.32. The molecule has 0 radical (unpaired) electrons. The number of hydrogen-bond donors (Lipinski definition) is 1. The lowest BCUT2D eigenvalue weighted by molar-refractivity contribution is 0.0999. The summed E-state index contributed by atoms with van der Waals surface area (Å²) in [6.45, 7) is 7.47. The number of thiazole rings is 1. The minimum atomic E-state index is -0.0404. The standard InChI is InChI=1S/C15H22N6O2S/c1-3-13-18-14(23-19-13)11(2)20-4-6-21(7-5-20)15(22)16-8-12-9-24-10-17-12/h9-11H,3-8H2,1-2H3,(H,16,22). The van der Waals surface area contributed by atoms with E-state index in [0.717, 1.165) is 31.0 Å². The molecule has 1 atom stereocenters. The molecule has 2 amide bonds. The van der Waals surface area contributed by atoms with Gasteiger partial charge in [0, 0.05) is 38.0 Å². The zero-order chi connectivity index (χ0) is 16.9. The topological polar surface area (TPSA) is 87.4 Å². The van der Waals surface area contributed by atoms with Crippen molar-refractivity contribution in [3.8, 4) is 0 Å². The summed E-state index contributed by atoms with van der Waals surface area (Å²) in [5.41, 5.74) is 2.66. The summed E-state index contributed by atoms with van der Waals surface area (Å²) in [6.07, 6.45) is 0.767. The molecule has 3 rings (SSSR count). The summed E-state index contributed by atoms with van der Waals surface area (Å²) in [7, 11) is 0. The molecule has 1 unspecified atom stereocenters. The minimum absolute atomic E-state index is 0.0404. The molecular weight excluding hydrogens is 328 g/mol. The van der Waals surface area contributed by atoms with E-state index in [1.807, 2.05) is 17.2 Å². The van der Waals surface area contributed by atoms with Crippen molar-refractivity contribution in [2.24, 2.45) is 0 Å². The highest BCUT2D eigenvalue weighted by molar-refractivity contribution is 7.07. The molecule has 3 heterocycles. The number of piperazine rings is 1. The molecule has 0 spiro atoms. The van der Waals surface area contributed by atoms with Crippen molar-refractivity contribution in [3.05, 3.63) is 28.3 Å². The van der Waals surface area contributed by atoms with E-state index >= 15 is 0 Å². The molecular formula is C15H22N6O2S.